The van der Waals surface area contributed by atoms with Crippen LogP contribution in [0.3, 0.4) is 0 Å². The zero-order valence-electron chi connectivity index (χ0n) is 13.2. The van der Waals surface area contributed by atoms with Crippen molar-refractivity contribution in [2.24, 2.45) is 0 Å². The third kappa shape index (κ3) is 4.09. The third-order valence-corrected chi connectivity index (χ3v) is 3.54. The summed E-state index contributed by atoms with van der Waals surface area (Å²) in [6, 6.07) is 2.12. The number of hydrogen-bond acceptors (Lipinski definition) is 4. The van der Waals surface area contributed by atoms with Crippen LogP contribution in [0.25, 0.3) is 0 Å². The maximum atomic E-state index is 4.82. The third-order valence-electron chi connectivity index (χ3n) is 3.54. The molecule has 1 saturated carbocycles. The minimum absolute atomic E-state index is 0.599. The summed E-state index contributed by atoms with van der Waals surface area (Å²) in [6.45, 7) is 9.74. The highest BCUT2D eigenvalue weighted by molar-refractivity contribution is 5.50. The lowest BCUT2D eigenvalue weighted by atomic mass is 10.3. The quantitative estimate of drug-likeness (QED) is 0.745. The second kappa shape index (κ2) is 7.46. The van der Waals surface area contributed by atoms with Gasteiger partial charge in [0.2, 0.25) is 0 Å². The molecular formula is C16H28N4. The monoisotopic (exact) mass is 276 g/mol. The van der Waals surface area contributed by atoms with Crippen molar-refractivity contribution in [3.63, 3.8) is 0 Å². The van der Waals surface area contributed by atoms with E-state index >= 15 is 0 Å². The normalized spacial score (nSPS) is 14.3. The molecule has 0 amide bonds. The van der Waals surface area contributed by atoms with Gasteiger partial charge in [-0.15, -0.1) is 0 Å². The molecule has 0 unspecified atom stereocenters. The zero-order valence-corrected chi connectivity index (χ0v) is 13.2. The van der Waals surface area contributed by atoms with E-state index in [0.29, 0.717) is 5.92 Å². The highest BCUT2D eigenvalue weighted by Crippen LogP contribution is 2.39. The molecule has 0 atom stereocenters. The van der Waals surface area contributed by atoms with Gasteiger partial charge in [-0.2, -0.15) is 0 Å². The fourth-order valence-corrected chi connectivity index (χ4v) is 2.36. The molecule has 0 radical (unpaired) electrons. The lowest BCUT2D eigenvalue weighted by molar-refractivity contribution is 0.727. The summed E-state index contributed by atoms with van der Waals surface area (Å²) >= 11 is 0. The van der Waals surface area contributed by atoms with E-state index in [1.807, 2.05) is 0 Å². The number of aromatic nitrogens is 2. The molecule has 1 fully saturated rings. The summed E-state index contributed by atoms with van der Waals surface area (Å²) < 4.78 is 0. The van der Waals surface area contributed by atoms with Crippen LogP contribution in [0.5, 0.6) is 0 Å². The van der Waals surface area contributed by atoms with Crippen molar-refractivity contribution in [2.45, 2.75) is 58.8 Å². The van der Waals surface area contributed by atoms with Crippen LogP contribution in [0, 0.1) is 0 Å². The number of anilines is 2. The Hall–Kier alpha value is -1.32. The van der Waals surface area contributed by atoms with Gasteiger partial charge in [0.1, 0.15) is 17.5 Å². The zero-order chi connectivity index (χ0) is 14.4. The van der Waals surface area contributed by atoms with Gasteiger partial charge < -0.3 is 10.2 Å². The van der Waals surface area contributed by atoms with Crippen LogP contribution in [0.1, 0.15) is 64.6 Å². The number of nitrogens with one attached hydrogen (secondary N) is 1. The maximum absolute atomic E-state index is 4.82. The molecule has 1 aliphatic rings. The molecule has 1 N–H and O–H groups in total. The SMILES string of the molecule is CCCNc1cc(N(CCC)CCC)nc(C2CC2)n1. The Bertz CT molecular complexity index is 409. The highest BCUT2D eigenvalue weighted by atomic mass is 15.2. The van der Waals surface area contributed by atoms with Gasteiger partial charge in [0.05, 0.1) is 0 Å². The van der Waals surface area contributed by atoms with Crippen LogP contribution >= 0.6 is 0 Å². The summed E-state index contributed by atoms with van der Waals surface area (Å²) in [6.07, 6.45) is 5.92. The summed E-state index contributed by atoms with van der Waals surface area (Å²) in [5.74, 6) is 3.74. The molecule has 4 nitrogen and oxygen atoms in total. The Morgan fingerprint density at radius 3 is 2.35 bits per heavy atom. The Labute approximate surface area is 123 Å². The molecule has 2 rings (SSSR count). The van der Waals surface area contributed by atoms with E-state index in [9.17, 15) is 0 Å². The molecule has 20 heavy (non-hydrogen) atoms. The summed E-state index contributed by atoms with van der Waals surface area (Å²) in [5.41, 5.74) is 0. The maximum Gasteiger partial charge on any atom is 0.136 e. The molecule has 0 spiro atoms. The molecule has 1 heterocycles. The van der Waals surface area contributed by atoms with Crippen molar-refractivity contribution < 1.29 is 0 Å². The lowest BCUT2D eigenvalue weighted by Gasteiger charge is -2.23. The molecule has 0 bridgehead atoms. The van der Waals surface area contributed by atoms with E-state index in [2.05, 4.69) is 42.0 Å². The van der Waals surface area contributed by atoms with Crippen molar-refractivity contribution in [1.82, 2.24) is 9.97 Å². The summed E-state index contributed by atoms with van der Waals surface area (Å²) in [5, 5.41) is 3.42. The number of rotatable bonds is 9. The van der Waals surface area contributed by atoms with E-state index in [0.717, 1.165) is 56.4 Å². The van der Waals surface area contributed by atoms with Crippen LogP contribution < -0.4 is 10.2 Å². The Morgan fingerprint density at radius 1 is 1.10 bits per heavy atom. The fourth-order valence-electron chi connectivity index (χ4n) is 2.36. The van der Waals surface area contributed by atoms with E-state index in [4.69, 9.17) is 4.98 Å². The van der Waals surface area contributed by atoms with Crippen molar-refractivity contribution in [3.05, 3.63) is 11.9 Å². The summed E-state index contributed by atoms with van der Waals surface area (Å²) in [4.78, 5) is 11.9. The predicted molar refractivity (Wildman–Crippen MR) is 85.6 cm³/mol. The van der Waals surface area contributed by atoms with Crippen LogP contribution in [0.4, 0.5) is 11.6 Å². The Kier molecular flexibility index (Phi) is 5.62. The lowest BCUT2D eigenvalue weighted by Crippen LogP contribution is -2.26. The van der Waals surface area contributed by atoms with Gasteiger partial charge in [-0.1, -0.05) is 20.8 Å². The van der Waals surface area contributed by atoms with Gasteiger partial charge in [0.15, 0.2) is 0 Å². The van der Waals surface area contributed by atoms with Gasteiger partial charge in [0, 0.05) is 31.6 Å². The predicted octanol–water partition coefficient (Wildman–Crippen LogP) is 3.80. The van der Waals surface area contributed by atoms with Crippen molar-refractivity contribution in [1.29, 1.82) is 0 Å². The van der Waals surface area contributed by atoms with Gasteiger partial charge in [-0.05, 0) is 32.1 Å². The second-order valence-electron chi connectivity index (χ2n) is 5.66. The fraction of sp³-hybridized carbons (Fsp3) is 0.750. The molecule has 4 heteroatoms. The number of hydrogen-bond donors (Lipinski definition) is 1. The molecule has 1 aromatic rings. The molecule has 0 aliphatic heterocycles. The minimum Gasteiger partial charge on any atom is -0.370 e. The number of nitrogens with zero attached hydrogens (tertiary/aromatic N) is 3. The van der Waals surface area contributed by atoms with Gasteiger partial charge >= 0.3 is 0 Å². The van der Waals surface area contributed by atoms with E-state index in [1.165, 1.54) is 12.8 Å². The molecule has 0 aromatic carbocycles. The average Bonchev–Trinajstić information content (AvgIpc) is 3.29. The smallest absolute Gasteiger partial charge is 0.136 e. The molecular weight excluding hydrogens is 248 g/mol. The van der Waals surface area contributed by atoms with Gasteiger partial charge in [-0.3, -0.25) is 0 Å². The van der Waals surface area contributed by atoms with E-state index < -0.39 is 0 Å². The van der Waals surface area contributed by atoms with Crippen molar-refractivity contribution in [3.8, 4) is 0 Å². The first-order valence-electron chi connectivity index (χ1n) is 8.16. The topological polar surface area (TPSA) is 41.0 Å². The molecule has 0 saturated heterocycles. The first-order chi connectivity index (χ1) is 9.78. The largest absolute Gasteiger partial charge is 0.370 e. The van der Waals surface area contributed by atoms with Gasteiger partial charge in [-0.25, -0.2) is 9.97 Å². The van der Waals surface area contributed by atoms with Crippen LogP contribution in [0.2, 0.25) is 0 Å². The van der Waals surface area contributed by atoms with E-state index in [1.54, 1.807) is 0 Å². The van der Waals surface area contributed by atoms with Crippen LogP contribution in [-0.4, -0.2) is 29.6 Å². The minimum atomic E-state index is 0.599. The van der Waals surface area contributed by atoms with Crippen molar-refractivity contribution >= 4 is 11.6 Å². The standard InChI is InChI=1S/C16H28N4/c1-4-9-17-14-12-15(20(10-5-2)11-6-3)19-16(18-14)13-7-8-13/h12-13H,4-11H2,1-3H3,(H,17,18,19). The Morgan fingerprint density at radius 2 is 1.80 bits per heavy atom. The van der Waals surface area contributed by atoms with Crippen LogP contribution in [0.15, 0.2) is 6.07 Å². The van der Waals surface area contributed by atoms with Gasteiger partial charge in [0.25, 0.3) is 0 Å². The van der Waals surface area contributed by atoms with Crippen molar-refractivity contribution in [2.75, 3.05) is 29.9 Å². The summed E-state index contributed by atoms with van der Waals surface area (Å²) in [7, 11) is 0. The highest BCUT2D eigenvalue weighted by Gasteiger charge is 2.27. The van der Waals surface area contributed by atoms with Crippen LogP contribution in [-0.2, 0) is 0 Å². The average molecular weight is 276 g/mol. The molecule has 112 valence electrons. The second-order valence-corrected chi connectivity index (χ2v) is 5.66. The first kappa shape index (κ1) is 15.1. The van der Waals surface area contributed by atoms with E-state index in [-0.39, 0.29) is 0 Å². The first-order valence-corrected chi connectivity index (χ1v) is 8.16. The Balaban J connectivity index is 2.21. The molecule has 1 aromatic heterocycles. The molecule has 1 aliphatic carbocycles.